The van der Waals surface area contributed by atoms with Crippen molar-refractivity contribution in [1.29, 1.82) is 5.26 Å². The van der Waals surface area contributed by atoms with Gasteiger partial charge in [-0.3, -0.25) is 4.79 Å². The maximum absolute atomic E-state index is 11.7. The Morgan fingerprint density at radius 1 is 1.37 bits per heavy atom. The number of allylic oxidation sites excluding steroid dienone is 1. The Labute approximate surface area is 111 Å². The number of benzene rings is 1. The fourth-order valence-corrected chi connectivity index (χ4v) is 3.24. The first-order valence-corrected chi connectivity index (χ1v) is 7.41. The van der Waals surface area contributed by atoms with Crippen molar-refractivity contribution in [2.75, 3.05) is 11.1 Å². The molecular weight excluding hydrogens is 264 g/mol. The highest BCUT2D eigenvalue weighted by Crippen LogP contribution is 2.19. The summed E-state index contributed by atoms with van der Waals surface area (Å²) in [5.74, 6) is -0.506. The molecule has 0 saturated heterocycles. The number of sulfone groups is 1. The molecule has 0 radical (unpaired) electrons. The molecule has 0 unspecified atom stereocenters. The molecule has 98 valence electrons. The minimum atomic E-state index is -3.12. The highest BCUT2D eigenvalue weighted by Gasteiger charge is 2.23. The average molecular weight is 276 g/mol. The molecule has 1 aromatic carbocycles. The second-order valence-corrected chi connectivity index (χ2v) is 6.29. The van der Waals surface area contributed by atoms with E-state index in [4.69, 9.17) is 5.26 Å². The van der Waals surface area contributed by atoms with Crippen LogP contribution in [0.3, 0.4) is 0 Å². The SMILES string of the molecule is N#Cc1ccc(NC(=O)C[C@H]2C=CS(=O)(=O)C2)cc1. The topological polar surface area (TPSA) is 87.0 Å². The second kappa shape index (κ2) is 5.24. The van der Waals surface area contributed by atoms with Crippen molar-refractivity contribution >= 4 is 21.4 Å². The van der Waals surface area contributed by atoms with Gasteiger partial charge >= 0.3 is 0 Å². The number of nitrogens with zero attached hydrogens (tertiary/aromatic N) is 1. The zero-order chi connectivity index (χ0) is 13.9. The number of nitriles is 1. The number of hydrogen-bond donors (Lipinski definition) is 1. The zero-order valence-electron chi connectivity index (χ0n) is 10.0. The van der Waals surface area contributed by atoms with Crippen LogP contribution >= 0.6 is 0 Å². The number of nitrogens with one attached hydrogen (secondary N) is 1. The molecule has 1 atom stereocenters. The zero-order valence-corrected chi connectivity index (χ0v) is 10.9. The Balaban J connectivity index is 1.91. The minimum Gasteiger partial charge on any atom is -0.326 e. The van der Waals surface area contributed by atoms with Gasteiger partial charge in [0.15, 0.2) is 9.84 Å². The van der Waals surface area contributed by atoms with Crippen LogP contribution in [0.5, 0.6) is 0 Å². The molecule has 6 heteroatoms. The molecule has 1 aliphatic heterocycles. The lowest BCUT2D eigenvalue weighted by Gasteiger charge is -2.08. The molecule has 0 aromatic heterocycles. The van der Waals surface area contributed by atoms with Gasteiger partial charge in [0.2, 0.25) is 5.91 Å². The Bertz CT molecular complexity index is 654. The first-order valence-electron chi connectivity index (χ1n) is 5.69. The first kappa shape index (κ1) is 13.3. The number of carbonyl (C=O) groups excluding carboxylic acids is 1. The van der Waals surface area contributed by atoms with Crippen LogP contribution in [0.25, 0.3) is 0 Å². The van der Waals surface area contributed by atoms with E-state index in [1.54, 1.807) is 30.3 Å². The van der Waals surface area contributed by atoms with E-state index in [-0.39, 0.29) is 24.0 Å². The lowest BCUT2D eigenvalue weighted by molar-refractivity contribution is -0.116. The van der Waals surface area contributed by atoms with Crippen LogP contribution in [0.15, 0.2) is 35.7 Å². The fourth-order valence-electron chi connectivity index (χ4n) is 1.85. The lowest BCUT2D eigenvalue weighted by Crippen LogP contribution is -2.17. The van der Waals surface area contributed by atoms with E-state index in [2.05, 4.69) is 5.32 Å². The molecule has 0 bridgehead atoms. The fraction of sp³-hybridized carbons (Fsp3) is 0.231. The lowest BCUT2D eigenvalue weighted by atomic mass is 10.1. The van der Waals surface area contributed by atoms with Gasteiger partial charge in [-0.05, 0) is 24.3 Å². The van der Waals surface area contributed by atoms with E-state index in [0.29, 0.717) is 11.3 Å². The van der Waals surface area contributed by atoms with E-state index >= 15 is 0 Å². The summed E-state index contributed by atoms with van der Waals surface area (Å²) < 4.78 is 22.4. The van der Waals surface area contributed by atoms with Gasteiger partial charge in [-0.25, -0.2) is 8.42 Å². The quantitative estimate of drug-likeness (QED) is 0.905. The first-order chi connectivity index (χ1) is 8.98. The van der Waals surface area contributed by atoms with E-state index in [9.17, 15) is 13.2 Å². The van der Waals surface area contributed by atoms with Crippen molar-refractivity contribution in [1.82, 2.24) is 0 Å². The molecule has 1 amide bonds. The van der Waals surface area contributed by atoms with E-state index < -0.39 is 9.84 Å². The Hall–Kier alpha value is -2.13. The predicted molar refractivity (Wildman–Crippen MR) is 70.8 cm³/mol. The number of anilines is 1. The van der Waals surface area contributed by atoms with Gasteiger partial charge in [0.1, 0.15) is 0 Å². The van der Waals surface area contributed by atoms with Crippen LogP contribution in [-0.2, 0) is 14.6 Å². The summed E-state index contributed by atoms with van der Waals surface area (Å²) in [4.78, 5) is 11.7. The van der Waals surface area contributed by atoms with Gasteiger partial charge < -0.3 is 5.32 Å². The molecule has 0 fully saturated rings. The summed E-state index contributed by atoms with van der Waals surface area (Å²) in [5, 5.41) is 12.5. The molecule has 1 aromatic rings. The van der Waals surface area contributed by atoms with Gasteiger partial charge in [-0.1, -0.05) is 6.08 Å². The molecule has 0 spiro atoms. The molecular formula is C13H12N2O3S. The molecule has 1 aliphatic rings. The second-order valence-electron chi connectivity index (χ2n) is 4.36. The summed E-state index contributed by atoms with van der Waals surface area (Å²) in [7, 11) is -3.12. The maximum atomic E-state index is 11.7. The summed E-state index contributed by atoms with van der Waals surface area (Å²) in [6.07, 6.45) is 1.68. The van der Waals surface area contributed by atoms with Crippen LogP contribution in [0.2, 0.25) is 0 Å². The molecule has 0 saturated carbocycles. The minimum absolute atomic E-state index is 0.00616. The van der Waals surface area contributed by atoms with Gasteiger partial charge in [0.25, 0.3) is 0 Å². The number of amides is 1. The van der Waals surface area contributed by atoms with Gasteiger partial charge in [-0.15, -0.1) is 0 Å². The largest absolute Gasteiger partial charge is 0.326 e. The van der Waals surface area contributed by atoms with Crippen LogP contribution in [0.1, 0.15) is 12.0 Å². The Morgan fingerprint density at radius 2 is 2.05 bits per heavy atom. The van der Waals surface area contributed by atoms with Crippen LogP contribution in [-0.4, -0.2) is 20.1 Å². The third-order valence-corrected chi connectivity index (χ3v) is 4.21. The summed E-state index contributed by atoms with van der Waals surface area (Å²) in [6.45, 7) is 0. The predicted octanol–water partition coefficient (Wildman–Crippen LogP) is 1.45. The third-order valence-electron chi connectivity index (χ3n) is 2.75. The summed E-state index contributed by atoms with van der Waals surface area (Å²) in [6, 6.07) is 8.47. The summed E-state index contributed by atoms with van der Waals surface area (Å²) >= 11 is 0. The van der Waals surface area contributed by atoms with Crippen molar-refractivity contribution in [2.24, 2.45) is 5.92 Å². The highest BCUT2D eigenvalue weighted by molar-refractivity contribution is 7.94. The van der Waals surface area contributed by atoms with Crippen LogP contribution < -0.4 is 5.32 Å². The molecule has 2 rings (SSSR count). The van der Waals surface area contributed by atoms with Gasteiger partial charge in [0, 0.05) is 23.4 Å². The van der Waals surface area contributed by atoms with E-state index in [0.717, 1.165) is 5.41 Å². The Morgan fingerprint density at radius 3 is 2.58 bits per heavy atom. The van der Waals surface area contributed by atoms with Crippen molar-refractivity contribution < 1.29 is 13.2 Å². The van der Waals surface area contributed by atoms with Crippen LogP contribution in [0, 0.1) is 17.2 Å². The molecule has 1 heterocycles. The highest BCUT2D eigenvalue weighted by atomic mass is 32.2. The molecule has 5 nitrogen and oxygen atoms in total. The molecule has 0 aliphatic carbocycles. The smallest absolute Gasteiger partial charge is 0.224 e. The summed E-state index contributed by atoms with van der Waals surface area (Å²) in [5.41, 5.74) is 1.11. The maximum Gasteiger partial charge on any atom is 0.224 e. The van der Waals surface area contributed by atoms with Gasteiger partial charge in [0.05, 0.1) is 17.4 Å². The monoisotopic (exact) mass is 276 g/mol. The van der Waals surface area contributed by atoms with Crippen molar-refractivity contribution in [2.45, 2.75) is 6.42 Å². The van der Waals surface area contributed by atoms with Crippen molar-refractivity contribution in [3.63, 3.8) is 0 Å². The average Bonchev–Trinajstić information content (AvgIpc) is 2.69. The standard InChI is InChI=1S/C13H12N2O3S/c14-8-10-1-3-12(4-2-10)15-13(16)7-11-5-6-19(17,18)9-11/h1-6,11H,7,9H2,(H,15,16)/t11-/m1/s1. The van der Waals surface area contributed by atoms with E-state index in [1.807, 2.05) is 6.07 Å². The van der Waals surface area contributed by atoms with E-state index in [1.165, 1.54) is 0 Å². The van der Waals surface area contributed by atoms with Crippen molar-refractivity contribution in [3.8, 4) is 6.07 Å². The molecule has 19 heavy (non-hydrogen) atoms. The normalized spacial score (nSPS) is 19.8. The molecule has 1 N–H and O–H groups in total. The van der Waals surface area contributed by atoms with Gasteiger partial charge in [-0.2, -0.15) is 5.26 Å². The Kier molecular flexibility index (Phi) is 3.67. The number of rotatable bonds is 3. The third kappa shape index (κ3) is 3.66. The van der Waals surface area contributed by atoms with Crippen molar-refractivity contribution in [3.05, 3.63) is 41.3 Å². The number of carbonyl (C=O) groups is 1. The number of hydrogen-bond acceptors (Lipinski definition) is 4. The van der Waals surface area contributed by atoms with Crippen LogP contribution in [0.4, 0.5) is 5.69 Å².